The predicted octanol–water partition coefficient (Wildman–Crippen LogP) is 4.63. The highest BCUT2D eigenvalue weighted by Crippen LogP contribution is 2.28. The minimum Gasteiger partial charge on any atom is -0.368 e. The minimum atomic E-state index is -4.08. The molecule has 0 radical (unpaired) electrons. The lowest BCUT2D eigenvalue weighted by atomic mass is 9.96. The van der Waals surface area contributed by atoms with Crippen LogP contribution < -0.4 is 5.73 Å². The molecule has 2 amide bonds. The Morgan fingerprint density at radius 3 is 2.34 bits per heavy atom. The van der Waals surface area contributed by atoms with Gasteiger partial charge in [0.2, 0.25) is 15.9 Å². The van der Waals surface area contributed by atoms with E-state index in [2.05, 4.69) is 0 Å². The number of nitrogens with two attached hydrogens (primary N) is 1. The van der Waals surface area contributed by atoms with E-state index in [9.17, 15) is 18.0 Å². The monoisotopic (exact) mass is 553 g/mol. The predicted molar refractivity (Wildman–Crippen MR) is 148 cm³/mol. The number of rotatable bonds is 10. The number of carbonyl (C=O) groups excluding carboxylic acids is 2. The van der Waals surface area contributed by atoms with Gasteiger partial charge in [-0.05, 0) is 65.8 Å². The Morgan fingerprint density at radius 1 is 1.03 bits per heavy atom. The van der Waals surface area contributed by atoms with Gasteiger partial charge in [-0.3, -0.25) is 9.59 Å². The summed E-state index contributed by atoms with van der Waals surface area (Å²) >= 11 is 5.97. The molecule has 1 aliphatic rings. The molecule has 1 atom stereocenters. The Bertz CT molecular complexity index is 1410. The minimum absolute atomic E-state index is 0.0293. The van der Waals surface area contributed by atoms with Crippen LogP contribution in [0.4, 0.5) is 0 Å². The topological polar surface area (TPSA) is 101 Å². The molecule has 0 bridgehead atoms. The third kappa shape index (κ3) is 6.26. The third-order valence-corrected chi connectivity index (χ3v) is 8.80. The largest absolute Gasteiger partial charge is 0.368 e. The van der Waals surface area contributed by atoms with Crippen LogP contribution in [0.3, 0.4) is 0 Å². The number of fused-ring (bicyclic) bond motifs is 1. The second kappa shape index (κ2) is 11.7. The van der Waals surface area contributed by atoms with E-state index < -0.39 is 22.0 Å². The number of primary amides is 1. The number of halogens is 1. The van der Waals surface area contributed by atoms with Gasteiger partial charge < -0.3 is 10.6 Å². The van der Waals surface area contributed by atoms with Crippen LogP contribution >= 0.6 is 11.6 Å². The quantitative estimate of drug-likeness (QED) is 0.395. The van der Waals surface area contributed by atoms with Gasteiger partial charge in [0.25, 0.3) is 5.91 Å². The highest BCUT2D eigenvalue weighted by Gasteiger charge is 2.36. The lowest BCUT2D eigenvalue weighted by molar-refractivity contribution is -0.122. The van der Waals surface area contributed by atoms with Crippen molar-refractivity contribution in [3.8, 4) is 0 Å². The maximum Gasteiger partial charge on any atom is 0.254 e. The maximum atomic E-state index is 13.7. The molecule has 7 nitrogen and oxygen atoms in total. The van der Waals surface area contributed by atoms with Crippen molar-refractivity contribution in [3.63, 3.8) is 0 Å². The van der Waals surface area contributed by atoms with E-state index in [0.29, 0.717) is 35.7 Å². The molecular weight excluding hydrogens is 522 g/mol. The summed E-state index contributed by atoms with van der Waals surface area (Å²) < 4.78 is 28.7. The van der Waals surface area contributed by atoms with Gasteiger partial charge in [-0.1, -0.05) is 67.9 Å². The summed E-state index contributed by atoms with van der Waals surface area (Å²) in [6.45, 7) is 4.86. The van der Waals surface area contributed by atoms with Crippen LogP contribution in [0.15, 0.2) is 77.7 Å². The van der Waals surface area contributed by atoms with Crippen molar-refractivity contribution in [3.05, 3.63) is 100 Å². The van der Waals surface area contributed by atoms with Gasteiger partial charge in [-0.2, -0.15) is 4.31 Å². The number of carbonyl (C=O) groups is 2. The summed E-state index contributed by atoms with van der Waals surface area (Å²) in [5.74, 6) is -0.727. The molecule has 0 aliphatic carbocycles. The molecule has 4 rings (SSSR count). The zero-order chi connectivity index (χ0) is 27.4. The molecule has 9 heteroatoms. The molecular formula is C29H32ClN3O4S. The number of sulfonamides is 1. The normalized spacial score (nSPS) is 14.6. The molecule has 1 heterocycles. The van der Waals surface area contributed by atoms with Crippen molar-refractivity contribution in [2.45, 2.75) is 50.7 Å². The SMILES string of the molecule is CC(C)C[C@H](C(N)=O)N(Cc1ccc2c(c1)CCN(Cc1ccccc1)C2=O)S(=O)(=O)c1ccc(Cl)cc1. The Morgan fingerprint density at radius 2 is 1.71 bits per heavy atom. The van der Waals surface area contributed by atoms with Crippen molar-refractivity contribution in [2.75, 3.05) is 6.54 Å². The Kier molecular flexibility index (Phi) is 8.55. The summed E-state index contributed by atoms with van der Waals surface area (Å²) in [7, 11) is -4.08. The third-order valence-electron chi connectivity index (χ3n) is 6.68. The molecule has 200 valence electrons. The smallest absolute Gasteiger partial charge is 0.254 e. The van der Waals surface area contributed by atoms with Gasteiger partial charge in [0.1, 0.15) is 6.04 Å². The van der Waals surface area contributed by atoms with Crippen molar-refractivity contribution in [1.29, 1.82) is 0 Å². The van der Waals surface area contributed by atoms with Crippen LogP contribution in [0.1, 0.15) is 47.3 Å². The Balaban J connectivity index is 1.64. The standard InChI is InChI=1S/C29H32ClN3O4S/c1-20(2)16-27(28(31)34)33(38(36,37)25-11-9-24(30)10-12-25)19-22-8-13-26-23(17-22)14-15-32(29(26)35)18-21-6-4-3-5-7-21/h3-13,17,20,27H,14-16,18-19H2,1-2H3,(H2,31,34)/t27-/m1/s1. The zero-order valence-electron chi connectivity index (χ0n) is 21.5. The first-order chi connectivity index (χ1) is 18.1. The van der Waals surface area contributed by atoms with Crippen LogP contribution in [0, 0.1) is 5.92 Å². The number of nitrogens with zero attached hydrogens (tertiary/aromatic N) is 2. The fraction of sp³-hybridized carbons (Fsp3) is 0.310. The number of benzene rings is 3. The Hall–Kier alpha value is -3.20. The molecule has 0 saturated carbocycles. The molecule has 1 aliphatic heterocycles. The van der Waals surface area contributed by atoms with Crippen LogP contribution in [-0.2, 0) is 34.3 Å². The molecule has 0 spiro atoms. The van der Waals surface area contributed by atoms with E-state index in [4.69, 9.17) is 17.3 Å². The first kappa shape index (κ1) is 27.8. The summed E-state index contributed by atoms with van der Waals surface area (Å²) in [5, 5.41) is 0.407. The molecule has 0 saturated heterocycles. The van der Waals surface area contributed by atoms with Gasteiger partial charge in [0.15, 0.2) is 0 Å². The van der Waals surface area contributed by atoms with E-state index in [1.165, 1.54) is 28.6 Å². The van der Waals surface area contributed by atoms with Crippen LogP contribution in [0.2, 0.25) is 5.02 Å². The average molecular weight is 554 g/mol. The molecule has 2 N–H and O–H groups in total. The second-order valence-corrected chi connectivity index (χ2v) is 12.3. The fourth-order valence-electron chi connectivity index (χ4n) is 4.75. The van der Waals surface area contributed by atoms with Crippen LogP contribution in [-0.4, -0.2) is 42.0 Å². The Labute approximate surface area is 229 Å². The summed E-state index contributed by atoms with van der Waals surface area (Å²) in [5.41, 5.74) is 8.94. The van der Waals surface area contributed by atoms with E-state index in [-0.39, 0.29) is 29.7 Å². The van der Waals surface area contributed by atoms with Crippen LogP contribution in [0.5, 0.6) is 0 Å². The molecule has 3 aromatic rings. The maximum absolute atomic E-state index is 13.7. The van der Waals surface area contributed by atoms with E-state index >= 15 is 0 Å². The van der Waals surface area contributed by atoms with E-state index in [1.54, 1.807) is 12.1 Å². The van der Waals surface area contributed by atoms with Crippen molar-refractivity contribution < 1.29 is 18.0 Å². The first-order valence-electron chi connectivity index (χ1n) is 12.6. The average Bonchev–Trinajstić information content (AvgIpc) is 2.88. The first-order valence-corrected chi connectivity index (χ1v) is 14.4. The number of hydrogen-bond acceptors (Lipinski definition) is 4. The molecule has 3 aromatic carbocycles. The van der Waals surface area contributed by atoms with Crippen LogP contribution in [0.25, 0.3) is 0 Å². The number of hydrogen-bond donors (Lipinski definition) is 1. The molecule has 0 fully saturated rings. The van der Waals surface area contributed by atoms with Gasteiger partial charge in [-0.25, -0.2) is 8.42 Å². The highest BCUT2D eigenvalue weighted by atomic mass is 35.5. The number of amides is 2. The summed E-state index contributed by atoms with van der Waals surface area (Å²) in [6, 6.07) is 20.0. The van der Waals surface area contributed by atoms with Gasteiger partial charge >= 0.3 is 0 Å². The van der Waals surface area contributed by atoms with Crippen molar-refractivity contribution in [2.24, 2.45) is 11.7 Å². The molecule has 0 aromatic heterocycles. The van der Waals surface area contributed by atoms with Crippen molar-refractivity contribution in [1.82, 2.24) is 9.21 Å². The second-order valence-electron chi connectivity index (χ2n) is 10.0. The molecule has 38 heavy (non-hydrogen) atoms. The van der Waals surface area contributed by atoms with Gasteiger partial charge in [0, 0.05) is 30.2 Å². The van der Waals surface area contributed by atoms with Gasteiger partial charge in [-0.15, -0.1) is 0 Å². The molecule has 0 unspecified atom stereocenters. The zero-order valence-corrected chi connectivity index (χ0v) is 23.1. The lowest BCUT2D eigenvalue weighted by Gasteiger charge is -2.31. The summed E-state index contributed by atoms with van der Waals surface area (Å²) in [4.78, 5) is 27.5. The summed E-state index contributed by atoms with van der Waals surface area (Å²) in [6.07, 6.45) is 0.928. The van der Waals surface area contributed by atoms with Gasteiger partial charge in [0.05, 0.1) is 4.90 Å². The van der Waals surface area contributed by atoms with E-state index in [1.807, 2.05) is 55.1 Å². The van der Waals surface area contributed by atoms with E-state index in [0.717, 1.165) is 11.1 Å². The highest BCUT2D eigenvalue weighted by molar-refractivity contribution is 7.89. The van der Waals surface area contributed by atoms with Crippen molar-refractivity contribution >= 4 is 33.4 Å². The lowest BCUT2D eigenvalue weighted by Crippen LogP contribution is -2.48. The fourth-order valence-corrected chi connectivity index (χ4v) is 6.47.